The van der Waals surface area contributed by atoms with Gasteiger partial charge in [-0.15, -0.1) is 0 Å². The van der Waals surface area contributed by atoms with Crippen molar-refractivity contribution in [1.29, 1.82) is 0 Å². The van der Waals surface area contributed by atoms with Crippen molar-refractivity contribution in [3.63, 3.8) is 0 Å². The van der Waals surface area contributed by atoms with Gasteiger partial charge in [-0.25, -0.2) is 0 Å². The Kier molecular flexibility index (Phi) is 3.41. The van der Waals surface area contributed by atoms with E-state index in [2.05, 4.69) is 30.7 Å². The van der Waals surface area contributed by atoms with Crippen LogP contribution in [-0.2, 0) is 0 Å². The largest absolute Gasteiger partial charge is 0.396 e. The highest BCUT2D eigenvalue weighted by Gasteiger charge is 2.32. The van der Waals surface area contributed by atoms with Gasteiger partial charge in [0.2, 0.25) is 0 Å². The van der Waals surface area contributed by atoms with Crippen LogP contribution in [0.5, 0.6) is 0 Å². The van der Waals surface area contributed by atoms with E-state index in [0.29, 0.717) is 11.3 Å². The molecule has 0 saturated carbocycles. The number of likely N-dealkylation sites (N-methyl/N-ethyl adjacent to an activating group) is 1. The molecule has 0 aromatic heterocycles. The average molecular weight is 262 g/mol. The third kappa shape index (κ3) is 2.51. The molecule has 5 heteroatoms. The lowest BCUT2D eigenvalue weighted by Gasteiger charge is -2.46. The fourth-order valence-corrected chi connectivity index (χ4v) is 2.49. The summed E-state index contributed by atoms with van der Waals surface area (Å²) in [5, 5.41) is 0. The van der Waals surface area contributed by atoms with Gasteiger partial charge in [-0.05, 0) is 33.0 Å². The second-order valence-corrected chi connectivity index (χ2v) is 5.76. The summed E-state index contributed by atoms with van der Waals surface area (Å²) >= 11 is 0. The van der Waals surface area contributed by atoms with E-state index in [1.54, 1.807) is 6.07 Å². The van der Waals surface area contributed by atoms with Gasteiger partial charge >= 0.3 is 0 Å². The van der Waals surface area contributed by atoms with E-state index in [1.165, 1.54) is 0 Å². The summed E-state index contributed by atoms with van der Waals surface area (Å²) in [5.41, 5.74) is 13.3. The summed E-state index contributed by atoms with van der Waals surface area (Å²) < 4.78 is 0. The number of nitrogens with zero attached hydrogens (tertiary/aromatic N) is 2. The first-order valence-electron chi connectivity index (χ1n) is 6.47. The van der Waals surface area contributed by atoms with E-state index >= 15 is 0 Å². The molecule has 1 fully saturated rings. The number of piperazine rings is 1. The number of rotatable bonds is 2. The molecule has 19 heavy (non-hydrogen) atoms. The highest BCUT2D eigenvalue weighted by atomic mass is 16.1. The molecule has 5 nitrogen and oxygen atoms in total. The van der Waals surface area contributed by atoms with Crippen LogP contribution in [0.15, 0.2) is 18.2 Å². The summed E-state index contributed by atoms with van der Waals surface area (Å²) in [6.45, 7) is 7.13. The quantitative estimate of drug-likeness (QED) is 0.776. The first kappa shape index (κ1) is 13.7. The number of nitrogens with two attached hydrogens (primary N) is 2. The van der Waals surface area contributed by atoms with Gasteiger partial charge in [0.1, 0.15) is 0 Å². The summed E-state index contributed by atoms with van der Waals surface area (Å²) in [5.74, 6) is -0.479. The van der Waals surface area contributed by atoms with Gasteiger partial charge in [-0.3, -0.25) is 9.69 Å². The molecular weight excluding hydrogens is 240 g/mol. The predicted molar refractivity (Wildman–Crippen MR) is 78.3 cm³/mol. The van der Waals surface area contributed by atoms with Gasteiger partial charge in [0.25, 0.3) is 5.91 Å². The fraction of sp³-hybridized carbons (Fsp3) is 0.500. The molecule has 1 heterocycles. The number of carbonyl (C=O) groups excluding carboxylic acids is 1. The Bertz CT molecular complexity index is 498. The molecule has 0 spiro atoms. The van der Waals surface area contributed by atoms with Crippen molar-refractivity contribution in [3.05, 3.63) is 23.8 Å². The van der Waals surface area contributed by atoms with Crippen molar-refractivity contribution >= 4 is 17.3 Å². The molecule has 4 N–H and O–H groups in total. The lowest BCUT2D eigenvalue weighted by atomic mass is 9.98. The molecule has 0 unspecified atom stereocenters. The lowest BCUT2D eigenvalue weighted by molar-refractivity contribution is 0.100. The van der Waals surface area contributed by atoms with Crippen LogP contribution in [0.3, 0.4) is 0 Å². The Morgan fingerprint density at radius 1 is 1.32 bits per heavy atom. The van der Waals surface area contributed by atoms with E-state index in [9.17, 15) is 4.79 Å². The Balaban J connectivity index is 2.33. The van der Waals surface area contributed by atoms with E-state index in [0.717, 1.165) is 25.3 Å². The van der Waals surface area contributed by atoms with Gasteiger partial charge < -0.3 is 16.4 Å². The van der Waals surface area contributed by atoms with Crippen LogP contribution in [0.2, 0.25) is 0 Å². The standard InChI is InChI=1S/C14H22N4O/c1-14(2)9-18(8-7-17(14)3)11-6-4-5-10(12(11)15)13(16)19/h4-6H,7-9,15H2,1-3H3,(H2,16,19). The van der Waals surface area contributed by atoms with E-state index < -0.39 is 5.91 Å². The molecule has 1 amide bonds. The number of hydrogen-bond acceptors (Lipinski definition) is 4. The van der Waals surface area contributed by atoms with Crippen LogP contribution < -0.4 is 16.4 Å². The maximum Gasteiger partial charge on any atom is 0.250 e. The normalized spacial score (nSPS) is 19.4. The minimum absolute atomic E-state index is 0.0768. The van der Waals surface area contributed by atoms with Crippen molar-refractivity contribution in [2.45, 2.75) is 19.4 Å². The van der Waals surface area contributed by atoms with Crippen LogP contribution in [-0.4, -0.2) is 43.0 Å². The number of nitrogen functional groups attached to an aromatic ring is 1. The molecule has 0 bridgehead atoms. The van der Waals surface area contributed by atoms with E-state index in [1.807, 2.05) is 12.1 Å². The molecule has 1 aliphatic heterocycles. The zero-order valence-corrected chi connectivity index (χ0v) is 11.8. The zero-order chi connectivity index (χ0) is 14.2. The van der Waals surface area contributed by atoms with Crippen LogP contribution in [0.25, 0.3) is 0 Å². The van der Waals surface area contributed by atoms with Crippen molar-refractivity contribution < 1.29 is 4.79 Å². The van der Waals surface area contributed by atoms with E-state index in [4.69, 9.17) is 11.5 Å². The number of para-hydroxylation sites is 1. The van der Waals surface area contributed by atoms with Crippen LogP contribution in [0.4, 0.5) is 11.4 Å². The van der Waals surface area contributed by atoms with E-state index in [-0.39, 0.29) is 5.54 Å². The third-order valence-electron chi connectivity index (χ3n) is 4.01. The molecule has 1 saturated heterocycles. The number of hydrogen-bond donors (Lipinski definition) is 2. The summed E-state index contributed by atoms with van der Waals surface area (Å²) in [4.78, 5) is 15.9. The highest BCUT2D eigenvalue weighted by molar-refractivity contribution is 6.00. The summed E-state index contributed by atoms with van der Waals surface area (Å²) in [7, 11) is 2.13. The third-order valence-corrected chi connectivity index (χ3v) is 4.01. The first-order chi connectivity index (χ1) is 8.83. The van der Waals surface area contributed by atoms with Gasteiger partial charge in [0.05, 0.1) is 16.9 Å². The number of amides is 1. The smallest absolute Gasteiger partial charge is 0.250 e. The van der Waals surface area contributed by atoms with Gasteiger partial charge in [-0.2, -0.15) is 0 Å². The topological polar surface area (TPSA) is 75.6 Å². The van der Waals surface area contributed by atoms with Crippen LogP contribution in [0, 0.1) is 0 Å². The molecule has 2 rings (SSSR count). The fourth-order valence-electron chi connectivity index (χ4n) is 2.49. The molecule has 104 valence electrons. The molecular formula is C14H22N4O. The minimum Gasteiger partial charge on any atom is -0.396 e. The zero-order valence-electron chi connectivity index (χ0n) is 11.8. The second kappa shape index (κ2) is 4.74. The Hall–Kier alpha value is -1.75. The maximum atomic E-state index is 11.4. The average Bonchev–Trinajstić information content (AvgIpc) is 2.32. The molecule has 1 aromatic carbocycles. The Morgan fingerprint density at radius 2 is 2.00 bits per heavy atom. The van der Waals surface area contributed by atoms with Gasteiger partial charge in [0.15, 0.2) is 0 Å². The van der Waals surface area contributed by atoms with Gasteiger partial charge in [-0.1, -0.05) is 6.07 Å². The molecule has 0 radical (unpaired) electrons. The van der Waals surface area contributed by atoms with Crippen molar-refractivity contribution in [1.82, 2.24) is 4.90 Å². The second-order valence-electron chi connectivity index (χ2n) is 5.76. The molecule has 0 atom stereocenters. The Morgan fingerprint density at radius 3 is 2.58 bits per heavy atom. The van der Waals surface area contributed by atoms with Crippen molar-refractivity contribution in [2.24, 2.45) is 5.73 Å². The SMILES string of the molecule is CN1CCN(c2cccc(C(N)=O)c2N)CC1(C)C. The summed E-state index contributed by atoms with van der Waals surface area (Å²) in [6, 6.07) is 5.45. The molecule has 0 aliphatic carbocycles. The minimum atomic E-state index is -0.479. The monoisotopic (exact) mass is 262 g/mol. The number of carbonyl (C=O) groups is 1. The highest BCUT2D eigenvalue weighted by Crippen LogP contribution is 2.30. The Labute approximate surface area is 114 Å². The molecule has 1 aliphatic rings. The van der Waals surface area contributed by atoms with Crippen molar-refractivity contribution in [3.8, 4) is 0 Å². The number of benzene rings is 1. The van der Waals surface area contributed by atoms with Crippen LogP contribution in [0.1, 0.15) is 24.2 Å². The van der Waals surface area contributed by atoms with Crippen molar-refractivity contribution in [2.75, 3.05) is 37.3 Å². The van der Waals surface area contributed by atoms with Gasteiger partial charge in [0, 0.05) is 25.2 Å². The number of primary amides is 1. The first-order valence-corrected chi connectivity index (χ1v) is 6.47. The lowest BCUT2D eigenvalue weighted by Crippen LogP contribution is -2.57. The number of anilines is 2. The van der Waals surface area contributed by atoms with Crippen LogP contribution >= 0.6 is 0 Å². The predicted octanol–water partition coefficient (Wildman–Crippen LogP) is 0.898. The summed E-state index contributed by atoms with van der Waals surface area (Å²) in [6.07, 6.45) is 0. The maximum absolute atomic E-state index is 11.4. The molecule has 1 aromatic rings.